The second-order valence-electron chi connectivity index (χ2n) is 7.21. The zero-order valence-electron chi connectivity index (χ0n) is 19.0. The molecule has 0 bridgehead atoms. The molecule has 1 N–H and O–H groups in total. The predicted molar refractivity (Wildman–Crippen MR) is 128 cm³/mol. The summed E-state index contributed by atoms with van der Waals surface area (Å²) in [6.45, 7) is 0.483. The van der Waals surface area contributed by atoms with Crippen molar-refractivity contribution in [2.75, 3.05) is 27.4 Å². The van der Waals surface area contributed by atoms with Crippen LogP contribution >= 0.6 is 11.8 Å². The maximum Gasteiger partial charge on any atom is 0.441 e. The lowest BCUT2D eigenvalue weighted by Crippen LogP contribution is -2.35. The molecule has 0 unspecified atom stereocenters. The number of amides is 1. The molecule has 4 rings (SSSR count). The van der Waals surface area contributed by atoms with E-state index in [0.29, 0.717) is 33.6 Å². The van der Waals surface area contributed by atoms with Crippen molar-refractivity contribution in [1.82, 2.24) is 5.01 Å². The number of fused-ring (bicyclic) bond motifs is 1. The van der Waals surface area contributed by atoms with Crippen LogP contribution in [-0.2, 0) is 4.79 Å². The first-order valence-corrected chi connectivity index (χ1v) is 11.2. The number of halogens is 3. The molecule has 13 heteroatoms. The molecule has 0 saturated carbocycles. The Morgan fingerprint density at radius 1 is 1.00 bits per heavy atom. The van der Waals surface area contributed by atoms with Crippen molar-refractivity contribution in [3.05, 3.63) is 53.6 Å². The molecule has 0 aliphatic carbocycles. The van der Waals surface area contributed by atoms with Gasteiger partial charge in [0, 0.05) is 0 Å². The summed E-state index contributed by atoms with van der Waals surface area (Å²) in [4.78, 5) is 16.1. The number of methoxy groups -OCH3 is 2. The number of carbonyl (C=O) groups excluding carboxylic acids is 1. The van der Waals surface area contributed by atoms with Crippen LogP contribution in [0.25, 0.3) is 6.08 Å². The molecule has 36 heavy (non-hydrogen) atoms. The van der Waals surface area contributed by atoms with Gasteiger partial charge in [0.15, 0.2) is 17.3 Å². The fourth-order valence-corrected chi connectivity index (χ4v) is 3.91. The average Bonchev–Trinajstić information content (AvgIpc) is 3.30. The van der Waals surface area contributed by atoms with Gasteiger partial charge in [-0.25, -0.2) is 0 Å². The summed E-state index contributed by atoms with van der Waals surface area (Å²) in [5.74, 6) is 0.787. The Morgan fingerprint density at radius 2 is 1.69 bits per heavy atom. The van der Waals surface area contributed by atoms with Crippen LogP contribution in [0.3, 0.4) is 0 Å². The number of benzene rings is 2. The van der Waals surface area contributed by atoms with E-state index in [9.17, 15) is 18.0 Å². The molecule has 0 atom stereocenters. The number of nitrogens with zero attached hydrogens (tertiary/aromatic N) is 3. The van der Waals surface area contributed by atoms with E-state index in [0.717, 1.165) is 0 Å². The van der Waals surface area contributed by atoms with Crippen LogP contribution in [0.5, 0.6) is 23.0 Å². The van der Waals surface area contributed by atoms with E-state index in [2.05, 4.69) is 10.1 Å². The van der Waals surface area contributed by atoms with Crippen LogP contribution in [0.1, 0.15) is 5.56 Å². The molecule has 0 saturated heterocycles. The summed E-state index contributed by atoms with van der Waals surface area (Å²) in [6.07, 6.45) is -3.38. The van der Waals surface area contributed by atoms with Gasteiger partial charge < -0.3 is 18.9 Å². The minimum Gasteiger partial charge on any atom is -0.497 e. The van der Waals surface area contributed by atoms with Crippen molar-refractivity contribution >= 4 is 39.8 Å². The maximum absolute atomic E-state index is 13.0. The third-order valence-electron chi connectivity index (χ3n) is 4.86. The fourth-order valence-electron chi connectivity index (χ4n) is 3.15. The van der Waals surface area contributed by atoms with Gasteiger partial charge in [0.05, 0.1) is 19.8 Å². The van der Waals surface area contributed by atoms with Crippen LogP contribution in [-0.4, -0.2) is 60.6 Å². The average molecular weight is 520 g/mol. The van der Waals surface area contributed by atoms with E-state index in [-0.39, 0.29) is 35.7 Å². The summed E-state index contributed by atoms with van der Waals surface area (Å²) in [7, 11) is 3.01. The number of rotatable bonds is 8. The van der Waals surface area contributed by atoms with Crippen LogP contribution in [0, 0.1) is 5.41 Å². The molecule has 0 radical (unpaired) electrons. The summed E-state index contributed by atoms with van der Waals surface area (Å²) < 4.78 is 60.7. The van der Waals surface area contributed by atoms with Gasteiger partial charge in [-0.2, -0.15) is 28.3 Å². The molecule has 0 spiro atoms. The number of hydrogen-bond acceptors (Lipinski definition) is 8. The van der Waals surface area contributed by atoms with Crippen LogP contribution < -0.4 is 18.9 Å². The Balaban J connectivity index is 1.43. The molecule has 2 aliphatic rings. The van der Waals surface area contributed by atoms with Gasteiger partial charge >= 0.3 is 6.18 Å². The summed E-state index contributed by atoms with van der Waals surface area (Å²) in [6, 6.07) is 11.9. The largest absolute Gasteiger partial charge is 0.497 e. The molecule has 2 heterocycles. The van der Waals surface area contributed by atoms with Crippen molar-refractivity contribution < 1.29 is 36.9 Å². The monoisotopic (exact) mass is 520 g/mol. The minimum atomic E-state index is -4.71. The van der Waals surface area contributed by atoms with Crippen molar-refractivity contribution in [3.8, 4) is 23.0 Å². The number of carbonyl (C=O) groups is 1. The Bertz CT molecular complexity index is 1280. The highest BCUT2D eigenvalue weighted by atomic mass is 32.2. The van der Waals surface area contributed by atoms with E-state index in [1.807, 2.05) is 0 Å². The topological polar surface area (TPSA) is 106 Å². The normalized spacial score (nSPS) is 16.5. The molecule has 2 aromatic rings. The summed E-state index contributed by atoms with van der Waals surface area (Å²) in [5.41, 5.74) is 0.238. The molecule has 9 nitrogen and oxygen atoms in total. The molecular formula is C23H19F3N4O5S. The highest BCUT2D eigenvalue weighted by molar-refractivity contribution is 8.27. The number of hydrazone groups is 1. The highest BCUT2D eigenvalue weighted by Gasteiger charge is 2.46. The molecule has 2 aliphatic heterocycles. The van der Waals surface area contributed by atoms with Crippen LogP contribution in [0.4, 0.5) is 13.2 Å². The van der Waals surface area contributed by atoms with Crippen molar-refractivity contribution in [1.29, 1.82) is 5.41 Å². The molecule has 2 aromatic carbocycles. The Kier molecular flexibility index (Phi) is 7.20. The Hall–Kier alpha value is -4.00. The SMILES string of the molecule is COc1ccc(OCCOc2ccc(/C=C3/C(=N)N4N=C(C(F)(F)F)SC4=NC3=O)cc2OC)cc1. The van der Waals surface area contributed by atoms with Gasteiger partial charge in [-0.15, -0.1) is 0 Å². The van der Waals surface area contributed by atoms with Crippen molar-refractivity contribution in [3.63, 3.8) is 0 Å². The van der Waals surface area contributed by atoms with E-state index >= 15 is 0 Å². The van der Waals surface area contributed by atoms with Crippen LogP contribution in [0.15, 0.2) is 58.1 Å². The van der Waals surface area contributed by atoms with Crippen LogP contribution in [0.2, 0.25) is 0 Å². The third kappa shape index (κ3) is 5.46. The zero-order valence-corrected chi connectivity index (χ0v) is 19.8. The highest BCUT2D eigenvalue weighted by Crippen LogP contribution is 2.36. The Labute approximate surface area is 207 Å². The maximum atomic E-state index is 13.0. The molecule has 1 amide bonds. The lowest BCUT2D eigenvalue weighted by molar-refractivity contribution is -0.114. The summed E-state index contributed by atoms with van der Waals surface area (Å²) >= 11 is 0.195. The van der Waals surface area contributed by atoms with Gasteiger partial charge in [0.25, 0.3) is 5.91 Å². The first kappa shape index (κ1) is 25.1. The number of ether oxygens (including phenoxy) is 4. The smallest absolute Gasteiger partial charge is 0.441 e. The zero-order chi connectivity index (χ0) is 25.9. The lowest BCUT2D eigenvalue weighted by Gasteiger charge is -2.20. The number of thioether (sulfide) groups is 1. The van der Waals surface area contributed by atoms with E-state index < -0.39 is 23.0 Å². The van der Waals surface area contributed by atoms with Gasteiger partial charge in [0.2, 0.25) is 10.2 Å². The van der Waals surface area contributed by atoms with Gasteiger partial charge in [-0.05, 0) is 59.8 Å². The van der Waals surface area contributed by atoms with Gasteiger partial charge in [0.1, 0.15) is 24.7 Å². The van der Waals surface area contributed by atoms with Gasteiger partial charge in [-0.3, -0.25) is 10.2 Å². The first-order valence-electron chi connectivity index (χ1n) is 10.3. The molecule has 188 valence electrons. The predicted octanol–water partition coefficient (Wildman–Crippen LogP) is 4.34. The number of nitrogens with one attached hydrogen (secondary N) is 1. The quantitative estimate of drug-likeness (QED) is 0.408. The summed E-state index contributed by atoms with van der Waals surface area (Å²) in [5, 5.41) is 10.8. The first-order chi connectivity index (χ1) is 17.2. The van der Waals surface area contributed by atoms with E-state index in [1.54, 1.807) is 49.6 Å². The van der Waals surface area contributed by atoms with Crippen molar-refractivity contribution in [2.45, 2.75) is 6.18 Å². The Morgan fingerprint density at radius 3 is 2.36 bits per heavy atom. The second-order valence-corrected chi connectivity index (χ2v) is 8.16. The molecule has 0 fully saturated rings. The van der Waals surface area contributed by atoms with Crippen molar-refractivity contribution in [2.24, 2.45) is 10.1 Å². The number of aliphatic imine (C=N–C) groups is 1. The standard InChI is InChI=1S/C23H19F3N4O5S/c1-32-14-4-6-15(7-5-14)34-9-10-35-17-8-3-13(12-18(17)33-2)11-16-19(27)30-22(28-20(16)31)36-21(29-30)23(24,25)26/h3-8,11-12,27H,9-10H2,1-2H3/b16-11-,27-19?. The number of hydrogen-bond donors (Lipinski definition) is 1. The molecule has 0 aromatic heterocycles. The molecular weight excluding hydrogens is 501 g/mol. The van der Waals surface area contributed by atoms with E-state index in [4.69, 9.17) is 24.4 Å². The van der Waals surface area contributed by atoms with Gasteiger partial charge in [-0.1, -0.05) is 6.07 Å². The second kappa shape index (κ2) is 10.3. The fraction of sp³-hybridized carbons (Fsp3) is 0.217. The third-order valence-corrected chi connectivity index (χ3v) is 5.82. The van der Waals surface area contributed by atoms with E-state index in [1.165, 1.54) is 13.2 Å². The lowest BCUT2D eigenvalue weighted by atomic mass is 10.1. The number of amidine groups is 2. The minimum absolute atomic E-state index is 0.195. The number of alkyl halides is 3.